The number of aliphatic hydroxyl groups excluding tert-OH is 1. The van der Waals surface area contributed by atoms with Crippen LogP contribution in [0.1, 0.15) is 18.3 Å². The quantitative estimate of drug-likeness (QED) is 0.672. The van der Waals surface area contributed by atoms with Gasteiger partial charge in [-0.3, -0.25) is 0 Å². The van der Waals surface area contributed by atoms with Crippen molar-refractivity contribution < 1.29 is 5.11 Å². The fourth-order valence-electron chi connectivity index (χ4n) is 0.896. The molecule has 0 amide bonds. The number of pyridine rings is 1. The van der Waals surface area contributed by atoms with Gasteiger partial charge in [-0.25, -0.2) is 4.98 Å². The predicted octanol–water partition coefficient (Wildman–Crippen LogP) is 0.119. The van der Waals surface area contributed by atoms with Gasteiger partial charge in [0.15, 0.2) is 0 Å². The van der Waals surface area contributed by atoms with E-state index in [-0.39, 0.29) is 6.61 Å². The molecular weight excluding hydrogens is 166 g/mol. The average Bonchev–Trinajstić information content (AvgIpc) is 2.18. The van der Waals surface area contributed by atoms with Crippen LogP contribution in [0.15, 0.2) is 18.2 Å². The first-order chi connectivity index (χ1) is 6.10. The summed E-state index contributed by atoms with van der Waals surface area (Å²) in [6.45, 7) is 1.46. The Kier molecular flexibility index (Phi) is 2.61. The van der Waals surface area contributed by atoms with Crippen LogP contribution < -0.4 is 5.73 Å². The van der Waals surface area contributed by atoms with E-state index in [0.29, 0.717) is 11.4 Å². The van der Waals surface area contributed by atoms with Crippen LogP contribution in [0.3, 0.4) is 0 Å². The molecule has 0 saturated carbocycles. The van der Waals surface area contributed by atoms with E-state index in [1.54, 1.807) is 25.1 Å². The van der Waals surface area contributed by atoms with Gasteiger partial charge < -0.3 is 10.8 Å². The maximum Gasteiger partial charge on any atom is 0.140 e. The summed E-state index contributed by atoms with van der Waals surface area (Å²) < 4.78 is 0. The van der Waals surface area contributed by atoms with Gasteiger partial charge in [0.2, 0.25) is 0 Å². The molecule has 1 atom stereocenters. The van der Waals surface area contributed by atoms with E-state index in [4.69, 9.17) is 16.1 Å². The Hall–Kier alpha value is -1.44. The van der Waals surface area contributed by atoms with E-state index in [1.165, 1.54) is 0 Å². The zero-order chi connectivity index (χ0) is 9.90. The van der Waals surface area contributed by atoms with Crippen molar-refractivity contribution >= 4 is 0 Å². The molecule has 1 rings (SSSR count). The summed E-state index contributed by atoms with van der Waals surface area (Å²) >= 11 is 0. The molecule has 68 valence electrons. The molecule has 4 nitrogen and oxygen atoms in total. The molecule has 1 aromatic heterocycles. The van der Waals surface area contributed by atoms with Gasteiger partial charge in [0.1, 0.15) is 11.8 Å². The first-order valence-electron chi connectivity index (χ1n) is 3.87. The van der Waals surface area contributed by atoms with Crippen molar-refractivity contribution in [2.45, 2.75) is 12.5 Å². The van der Waals surface area contributed by atoms with Crippen LogP contribution in [-0.4, -0.2) is 16.7 Å². The number of nitrogens with two attached hydrogens (primary N) is 1. The molecule has 0 saturated heterocycles. The predicted molar refractivity (Wildman–Crippen MR) is 47.6 cm³/mol. The molecule has 13 heavy (non-hydrogen) atoms. The Morgan fingerprint density at radius 1 is 1.69 bits per heavy atom. The third-order valence-corrected chi connectivity index (χ3v) is 1.78. The lowest BCUT2D eigenvalue weighted by atomic mass is 10.00. The number of hydrogen-bond donors (Lipinski definition) is 2. The van der Waals surface area contributed by atoms with Crippen molar-refractivity contribution in [1.82, 2.24) is 4.98 Å². The smallest absolute Gasteiger partial charge is 0.140 e. The summed E-state index contributed by atoms with van der Waals surface area (Å²) in [7, 11) is 0. The Bertz CT molecular complexity index is 341. The van der Waals surface area contributed by atoms with Crippen molar-refractivity contribution in [3.05, 3.63) is 29.6 Å². The Morgan fingerprint density at radius 2 is 2.38 bits per heavy atom. The molecule has 4 heteroatoms. The molecule has 1 heterocycles. The molecule has 3 N–H and O–H groups in total. The number of hydrogen-bond acceptors (Lipinski definition) is 4. The van der Waals surface area contributed by atoms with Gasteiger partial charge in [0, 0.05) is 0 Å². The summed E-state index contributed by atoms with van der Waals surface area (Å²) in [5.41, 5.74) is 5.69. The van der Waals surface area contributed by atoms with E-state index in [2.05, 4.69) is 4.98 Å². The molecule has 0 unspecified atom stereocenters. The summed E-state index contributed by atoms with van der Waals surface area (Å²) in [6.07, 6.45) is 0. The van der Waals surface area contributed by atoms with Gasteiger partial charge >= 0.3 is 0 Å². The zero-order valence-corrected chi connectivity index (χ0v) is 7.36. The Balaban J connectivity index is 3.10. The SMILES string of the molecule is C[C@@](N)(CO)c1cccc(C#N)n1. The summed E-state index contributed by atoms with van der Waals surface area (Å²) in [5, 5.41) is 17.5. The van der Waals surface area contributed by atoms with E-state index >= 15 is 0 Å². The molecule has 0 aromatic carbocycles. The Labute approximate surface area is 76.6 Å². The van der Waals surface area contributed by atoms with Crippen LogP contribution in [0.4, 0.5) is 0 Å². The Morgan fingerprint density at radius 3 is 2.92 bits per heavy atom. The molecule has 0 radical (unpaired) electrons. The van der Waals surface area contributed by atoms with Crippen LogP contribution in [0.25, 0.3) is 0 Å². The van der Waals surface area contributed by atoms with Crippen molar-refractivity contribution in [3.63, 3.8) is 0 Å². The normalized spacial score (nSPS) is 14.6. The highest BCUT2D eigenvalue weighted by Crippen LogP contribution is 2.14. The van der Waals surface area contributed by atoms with Crippen LogP contribution in [-0.2, 0) is 5.54 Å². The second-order valence-electron chi connectivity index (χ2n) is 3.10. The molecular formula is C9H11N3O. The lowest BCUT2D eigenvalue weighted by Crippen LogP contribution is -2.37. The monoisotopic (exact) mass is 177 g/mol. The third kappa shape index (κ3) is 2.02. The van der Waals surface area contributed by atoms with E-state index in [9.17, 15) is 0 Å². The number of nitriles is 1. The molecule has 0 aliphatic rings. The van der Waals surface area contributed by atoms with Crippen molar-refractivity contribution in [2.24, 2.45) is 5.73 Å². The average molecular weight is 177 g/mol. The molecule has 0 aliphatic heterocycles. The lowest BCUT2D eigenvalue weighted by molar-refractivity contribution is 0.206. The molecule has 0 aliphatic carbocycles. The first kappa shape index (κ1) is 9.65. The largest absolute Gasteiger partial charge is 0.394 e. The van der Waals surface area contributed by atoms with E-state index < -0.39 is 5.54 Å². The van der Waals surface area contributed by atoms with Crippen molar-refractivity contribution in [3.8, 4) is 6.07 Å². The number of rotatable bonds is 2. The fraction of sp³-hybridized carbons (Fsp3) is 0.333. The molecule has 0 spiro atoms. The van der Waals surface area contributed by atoms with Gasteiger partial charge in [-0.2, -0.15) is 5.26 Å². The second kappa shape index (κ2) is 3.52. The minimum absolute atomic E-state index is 0.200. The van der Waals surface area contributed by atoms with Crippen molar-refractivity contribution in [1.29, 1.82) is 5.26 Å². The highest BCUT2D eigenvalue weighted by atomic mass is 16.3. The van der Waals surface area contributed by atoms with Gasteiger partial charge in [-0.1, -0.05) is 6.07 Å². The van der Waals surface area contributed by atoms with Gasteiger partial charge in [0.05, 0.1) is 17.8 Å². The highest BCUT2D eigenvalue weighted by molar-refractivity contribution is 5.25. The van der Waals surface area contributed by atoms with Gasteiger partial charge in [-0.15, -0.1) is 0 Å². The highest BCUT2D eigenvalue weighted by Gasteiger charge is 2.21. The van der Waals surface area contributed by atoms with Crippen LogP contribution in [0.5, 0.6) is 0 Å². The molecule has 0 fully saturated rings. The first-order valence-corrected chi connectivity index (χ1v) is 3.87. The number of aliphatic hydroxyl groups is 1. The summed E-state index contributed by atoms with van der Waals surface area (Å²) in [4.78, 5) is 3.99. The molecule has 0 bridgehead atoms. The zero-order valence-electron chi connectivity index (χ0n) is 7.36. The minimum atomic E-state index is -0.882. The van der Waals surface area contributed by atoms with Gasteiger partial charge in [0.25, 0.3) is 0 Å². The summed E-state index contributed by atoms with van der Waals surface area (Å²) in [6, 6.07) is 6.90. The minimum Gasteiger partial charge on any atom is -0.394 e. The van der Waals surface area contributed by atoms with E-state index in [0.717, 1.165) is 0 Å². The van der Waals surface area contributed by atoms with E-state index in [1.807, 2.05) is 6.07 Å². The van der Waals surface area contributed by atoms with Gasteiger partial charge in [-0.05, 0) is 19.1 Å². The maximum absolute atomic E-state index is 8.96. The standard InChI is InChI=1S/C9H11N3O/c1-9(11,6-13)8-4-2-3-7(5-10)12-8/h2-4,13H,6,11H2,1H3/t9-/m1/s1. The van der Waals surface area contributed by atoms with Crippen LogP contribution >= 0.6 is 0 Å². The second-order valence-corrected chi connectivity index (χ2v) is 3.10. The lowest BCUT2D eigenvalue weighted by Gasteiger charge is -2.20. The summed E-state index contributed by atoms with van der Waals surface area (Å²) in [5.74, 6) is 0. The van der Waals surface area contributed by atoms with Crippen LogP contribution in [0, 0.1) is 11.3 Å². The fourth-order valence-corrected chi connectivity index (χ4v) is 0.896. The number of nitrogens with zero attached hydrogens (tertiary/aromatic N) is 2. The maximum atomic E-state index is 8.96. The topological polar surface area (TPSA) is 82.9 Å². The third-order valence-electron chi connectivity index (χ3n) is 1.78. The van der Waals surface area contributed by atoms with Crippen LogP contribution in [0.2, 0.25) is 0 Å². The molecule has 1 aromatic rings. The van der Waals surface area contributed by atoms with Crippen molar-refractivity contribution in [2.75, 3.05) is 6.61 Å². The number of aromatic nitrogens is 1.